The van der Waals surface area contributed by atoms with Crippen LogP contribution in [0.1, 0.15) is 36.7 Å². The second-order valence-corrected chi connectivity index (χ2v) is 4.57. The third kappa shape index (κ3) is 3.33. The van der Waals surface area contributed by atoms with Gasteiger partial charge in [-0.2, -0.15) is 0 Å². The van der Waals surface area contributed by atoms with Crippen LogP contribution in [0.5, 0.6) is 0 Å². The summed E-state index contributed by atoms with van der Waals surface area (Å²) in [5.74, 6) is 0.310. The van der Waals surface area contributed by atoms with E-state index in [9.17, 15) is 4.79 Å². The second-order valence-electron chi connectivity index (χ2n) is 4.57. The third-order valence-corrected chi connectivity index (χ3v) is 3.21. The first-order chi connectivity index (χ1) is 8.29. The number of likely N-dealkylation sites (tertiary alicyclic amines) is 1. The van der Waals surface area contributed by atoms with Crippen molar-refractivity contribution >= 4 is 5.91 Å². The van der Waals surface area contributed by atoms with Gasteiger partial charge in [-0.3, -0.25) is 4.79 Å². The Morgan fingerprint density at radius 2 is 2.29 bits per heavy atom. The highest BCUT2D eigenvalue weighted by Gasteiger charge is 2.21. The molecule has 4 heteroatoms. The zero-order valence-corrected chi connectivity index (χ0v) is 10.3. The number of piperidine rings is 1. The maximum Gasteiger partial charge on any atom is 0.287 e. The van der Waals surface area contributed by atoms with Crippen molar-refractivity contribution in [3.63, 3.8) is 0 Å². The standard InChI is InChI=1S/C13H20N2O2/c1-2-7-15-8-5-11(6-9-15)14-13(16)12-4-3-10-17-12/h3-4,10-11H,2,5-9H2,1H3,(H,14,16). The van der Waals surface area contributed by atoms with Crippen molar-refractivity contribution < 1.29 is 9.21 Å². The minimum Gasteiger partial charge on any atom is -0.459 e. The highest BCUT2D eigenvalue weighted by atomic mass is 16.3. The fourth-order valence-corrected chi connectivity index (χ4v) is 2.28. The van der Waals surface area contributed by atoms with Gasteiger partial charge in [0.15, 0.2) is 5.76 Å². The largest absolute Gasteiger partial charge is 0.459 e. The van der Waals surface area contributed by atoms with Gasteiger partial charge in [0.05, 0.1) is 6.26 Å². The van der Waals surface area contributed by atoms with Crippen molar-refractivity contribution in [2.75, 3.05) is 19.6 Å². The molecule has 0 bridgehead atoms. The molecule has 1 aliphatic rings. The Bertz CT molecular complexity index is 340. The molecule has 0 spiro atoms. The van der Waals surface area contributed by atoms with Gasteiger partial charge in [-0.15, -0.1) is 0 Å². The van der Waals surface area contributed by atoms with Gasteiger partial charge in [-0.05, 0) is 37.9 Å². The zero-order chi connectivity index (χ0) is 12.1. The van der Waals surface area contributed by atoms with Crippen LogP contribution in [0.2, 0.25) is 0 Å². The molecule has 0 unspecified atom stereocenters. The van der Waals surface area contributed by atoms with E-state index in [1.165, 1.54) is 19.2 Å². The Hall–Kier alpha value is -1.29. The number of nitrogens with one attached hydrogen (secondary N) is 1. The quantitative estimate of drug-likeness (QED) is 0.868. The lowest BCUT2D eigenvalue weighted by atomic mass is 10.0. The first-order valence-electron chi connectivity index (χ1n) is 6.36. The van der Waals surface area contributed by atoms with Crippen molar-refractivity contribution in [3.05, 3.63) is 24.2 Å². The summed E-state index contributed by atoms with van der Waals surface area (Å²) in [6, 6.07) is 3.72. The van der Waals surface area contributed by atoms with E-state index in [0.29, 0.717) is 11.8 Å². The van der Waals surface area contributed by atoms with Gasteiger partial charge in [0.25, 0.3) is 5.91 Å². The Morgan fingerprint density at radius 1 is 1.53 bits per heavy atom. The Labute approximate surface area is 102 Å². The van der Waals surface area contributed by atoms with E-state index < -0.39 is 0 Å². The van der Waals surface area contributed by atoms with Gasteiger partial charge >= 0.3 is 0 Å². The molecule has 1 N–H and O–H groups in total. The van der Waals surface area contributed by atoms with Crippen LogP contribution in [0.4, 0.5) is 0 Å². The van der Waals surface area contributed by atoms with Gasteiger partial charge in [0, 0.05) is 19.1 Å². The van der Waals surface area contributed by atoms with Crippen molar-refractivity contribution in [2.24, 2.45) is 0 Å². The average molecular weight is 236 g/mol. The summed E-state index contributed by atoms with van der Waals surface area (Å²) in [5.41, 5.74) is 0. The molecule has 1 aromatic heterocycles. The van der Waals surface area contributed by atoms with Crippen molar-refractivity contribution in [2.45, 2.75) is 32.2 Å². The molecule has 1 fully saturated rings. The molecule has 4 nitrogen and oxygen atoms in total. The molecule has 1 aliphatic heterocycles. The maximum atomic E-state index is 11.8. The van der Waals surface area contributed by atoms with Crippen LogP contribution < -0.4 is 5.32 Å². The van der Waals surface area contributed by atoms with Crippen LogP contribution in [0.25, 0.3) is 0 Å². The molecule has 1 saturated heterocycles. The maximum absolute atomic E-state index is 11.8. The molecule has 17 heavy (non-hydrogen) atoms. The number of hydrogen-bond donors (Lipinski definition) is 1. The number of hydrogen-bond acceptors (Lipinski definition) is 3. The van der Waals surface area contributed by atoms with Gasteiger partial charge in [0.2, 0.25) is 0 Å². The van der Waals surface area contributed by atoms with Crippen LogP contribution in [-0.4, -0.2) is 36.5 Å². The summed E-state index contributed by atoms with van der Waals surface area (Å²) in [5, 5.41) is 3.02. The van der Waals surface area contributed by atoms with E-state index in [1.54, 1.807) is 12.1 Å². The normalized spacial score (nSPS) is 18.2. The lowest BCUT2D eigenvalue weighted by Crippen LogP contribution is -2.44. The summed E-state index contributed by atoms with van der Waals surface area (Å²) in [4.78, 5) is 14.2. The van der Waals surface area contributed by atoms with Crippen LogP contribution in [0.15, 0.2) is 22.8 Å². The molecule has 1 aromatic rings. The van der Waals surface area contributed by atoms with Crippen LogP contribution in [-0.2, 0) is 0 Å². The summed E-state index contributed by atoms with van der Waals surface area (Å²) in [6.07, 6.45) is 4.79. The number of amides is 1. The number of carbonyl (C=O) groups excluding carboxylic acids is 1. The molecule has 94 valence electrons. The predicted octanol–water partition coefficient (Wildman–Crippen LogP) is 1.88. The third-order valence-electron chi connectivity index (χ3n) is 3.21. The average Bonchev–Trinajstić information content (AvgIpc) is 2.86. The van der Waals surface area contributed by atoms with E-state index in [-0.39, 0.29) is 5.91 Å². The highest BCUT2D eigenvalue weighted by molar-refractivity contribution is 5.91. The second kappa shape index (κ2) is 5.87. The van der Waals surface area contributed by atoms with E-state index in [1.807, 2.05) is 0 Å². The molecule has 1 amide bonds. The molecule has 2 heterocycles. The Morgan fingerprint density at radius 3 is 2.88 bits per heavy atom. The van der Waals surface area contributed by atoms with Crippen LogP contribution in [0.3, 0.4) is 0 Å². The Balaban J connectivity index is 1.76. The lowest BCUT2D eigenvalue weighted by Gasteiger charge is -2.31. The summed E-state index contributed by atoms with van der Waals surface area (Å²) < 4.78 is 5.07. The van der Waals surface area contributed by atoms with E-state index in [4.69, 9.17) is 4.42 Å². The van der Waals surface area contributed by atoms with Crippen molar-refractivity contribution in [1.82, 2.24) is 10.2 Å². The van der Waals surface area contributed by atoms with Crippen molar-refractivity contribution in [1.29, 1.82) is 0 Å². The first-order valence-corrected chi connectivity index (χ1v) is 6.36. The van der Waals surface area contributed by atoms with Gasteiger partial charge in [-0.25, -0.2) is 0 Å². The first kappa shape index (κ1) is 12.2. The minimum absolute atomic E-state index is 0.0936. The molecule has 0 aliphatic carbocycles. The molecule has 2 rings (SSSR count). The van der Waals surface area contributed by atoms with Crippen LogP contribution >= 0.6 is 0 Å². The molecule has 0 aromatic carbocycles. The number of furan rings is 1. The fraction of sp³-hybridized carbons (Fsp3) is 0.615. The van der Waals surface area contributed by atoms with Gasteiger partial charge < -0.3 is 14.6 Å². The molecule has 0 radical (unpaired) electrons. The topological polar surface area (TPSA) is 45.5 Å². The van der Waals surface area contributed by atoms with Crippen molar-refractivity contribution in [3.8, 4) is 0 Å². The smallest absolute Gasteiger partial charge is 0.287 e. The number of nitrogens with zero attached hydrogens (tertiary/aromatic N) is 1. The molecule has 0 saturated carbocycles. The van der Waals surface area contributed by atoms with Gasteiger partial charge in [0.1, 0.15) is 0 Å². The number of carbonyl (C=O) groups is 1. The highest BCUT2D eigenvalue weighted by Crippen LogP contribution is 2.11. The van der Waals surface area contributed by atoms with Gasteiger partial charge in [-0.1, -0.05) is 6.92 Å². The number of rotatable bonds is 4. The molecular weight excluding hydrogens is 216 g/mol. The predicted molar refractivity (Wildman–Crippen MR) is 65.9 cm³/mol. The zero-order valence-electron chi connectivity index (χ0n) is 10.3. The summed E-state index contributed by atoms with van der Waals surface area (Å²) in [7, 11) is 0. The summed E-state index contributed by atoms with van der Waals surface area (Å²) in [6.45, 7) is 5.53. The van der Waals surface area contributed by atoms with E-state index >= 15 is 0 Å². The Kier molecular flexibility index (Phi) is 4.20. The fourth-order valence-electron chi connectivity index (χ4n) is 2.28. The SMILES string of the molecule is CCCN1CCC(NC(=O)c2ccco2)CC1. The molecule has 0 atom stereocenters. The van der Waals surface area contributed by atoms with E-state index in [0.717, 1.165) is 25.9 Å². The summed E-state index contributed by atoms with van der Waals surface area (Å²) >= 11 is 0. The lowest BCUT2D eigenvalue weighted by molar-refractivity contribution is 0.0883. The minimum atomic E-state index is -0.0936. The van der Waals surface area contributed by atoms with Crippen LogP contribution in [0, 0.1) is 0 Å². The monoisotopic (exact) mass is 236 g/mol. The molecular formula is C13H20N2O2. The van der Waals surface area contributed by atoms with E-state index in [2.05, 4.69) is 17.1 Å².